The van der Waals surface area contributed by atoms with Crippen LogP contribution in [0.25, 0.3) is 0 Å². The molecule has 0 radical (unpaired) electrons. The summed E-state index contributed by atoms with van der Waals surface area (Å²) in [5, 5.41) is 3.09. The molecule has 2 atom stereocenters. The maximum absolute atomic E-state index is 12.2. The molecule has 0 saturated heterocycles. The van der Waals surface area contributed by atoms with Crippen molar-refractivity contribution in [3.05, 3.63) is 35.4 Å². The monoisotopic (exact) mass is 288 g/mol. The number of nitrogens with two attached hydrogens (primary N) is 1. The molecule has 3 nitrogen and oxygen atoms in total. The van der Waals surface area contributed by atoms with Gasteiger partial charge >= 0.3 is 0 Å². The molecule has 0 spiro atoms. The van der Waals surface area contributed by atoms with Crippen LogP contribution in [0.5, 0.6) is 0 Å². The number of hydrogen-bond donors (Lipinski definition) is 2. The van der Waals surface area contributed by atoms with E-state index in [0.29, 0.717) is 17.8 Å². The lowest BCUT2D eigenvalue weighted by molar-refractivity contribution is 0.0935. The minimum atomic E-state index is 0.0339. The van der Waals surface area contributed by atoms with Crippen molar-refractivity contribution in [3.63, 3.8) is 0 Å². The molecule has 1 aliphatic rings. The third-order valence-electron chi connectivity index (χ3n) is 4.73. The van der Waals surface area contributed by atoms with Crippen LogP contribution in [0.15, 0.2) is 24.3 Å². The Balaban J connectivity index is 1.89. The van der Waals surface area contributed by atoms with Crippen molar-refractivity contribution in [1.29, 1.82) is 0 Å². The Morgan fingerprint density at radius 3 is 2.38 bits per heavy atom. The fourth-order valence-electron chi connectivity index (χ4n) is 3.21. The second-order valence-corrected chi connectivity index (χ2v) is 6.53. The molecule has 1 aromatic rings. The Bertz CT molecular complexity index is 453. The van der Waals surface area contributed by atoms with Gasteiger partial charge in [0.15, 0.2) is 0 Å². The van der Waals surface area contributed by atoms with E-state index < -0.39 is 0 Å². The molecule has 1 aliphatic carbocycles. The van der Waals surface area contributed by atoms with Crippen LogP contribution < -0.4 is 11.1 Å². The van der Waals surface area contributed by atoms with Gasteiger partial charge in [0.25, 0.3) is 5.91 Å². The van der Waals surface area contributed by atoms with Crippen molar-refractivity contribution in [2.24, 2.45) is 17.6 Å². The Kier molecular flexibility index (Phi) is 5.80. The summed E-state index contributed by atoms with van der Waals surface area (Å²) >= 11 is 0. The molecule has 1 saturated carbocycles. The minimum absolute atomic E-state index is 0.0339. The van der Waals surface area contributed by atoms with E-state index in [2.05, 4.69) is 19.2 Å². The van der Waals surface area contributed by atoms with Crippen LogP contribution in [0.3, 0.4) is 0 Å². The highest BCUT2D eigenvalue weighted by Gasteiger charge is 2.24. The van der Waals surface area contributed by atoms with Crippen molar-refractivity contribution in [1.82, 2.24) is 5.32 Å². The molecular formula is C18H28N2O. The number of rotatable bonds is 5. The highest BCUT2D eigenvalue weighted by atomic mass is 16.1. The van der Waals surface area contributed by atoms with Crippen LogP contribution in [0.4, 0.5) is 0 Å². The molecule has 0 aliphatic heterocycles. The van der Waals surface area contributed by atoms with E-state index in [-0.39, 0.29) is 5.91 Å². The van der Waals surface area contributed by atoms with Gasteiger partial charge in [-0.25, -0.2) is 0 Å². The summed E-state index contributed by atoms with van der Waals surface area (Å²) in [7, 11) is 0. The number of amides is 1. The topological polar surface area (TPSA) is 55.1 Å². The maximum Gasteiger partial charge on any atom is 0.251 e. The van der Waals surface area contributed by atoms with Gasteiger partial charge in [0.1, 0.15) is 0 Å². The average Bonchev–Trinajstić information content (AvgIpc) is 2.52. The third kappa shape index (κ3) is 4.31. The first kappa shape index (κ1) is 16.0. The molecule has 2 unspecified atom stereocenters. The van der Waals surface area contributed by atoms with Crippen LogP contribution in [0.2, 0.25) is 0 Å². The molecule has 1 aromatic carbocycles. The smallest absolute Gasteiger partial charge is 0.251 e. The summed E-state index contributed by atoms with van der Waals surface area (Å²) in [5.74, 6) is 1.64. The van der Waals surface area contributed by atoms with Crippen LogP contribution in [0.1, 0.15) is 61.4 Å². The van der Waals surface area contributed by atoms with Crippen molar-refractivity contribution >= 4 is 5.91 Å². The molecular weight excluding hydrogens is 260 g/mol. The van der Waals surface area contributed by atoms with E-state index in [1.807, 2.05) is 24.3 Å². The lowest BCUT2D eigenvalue weighted by Gasteiger charge is -2.30. The average molecular weight is 288 g/mol. The lowest BCUT2D eigenvalue weighted by Crippen LogP contribution is -2.36. The first-order chi connectivity index (χ1) is 10.1. The molecule has 3 N–H and O–H groups in total. The van der Waals surface area contributed by atoms with Crippen LogP contribution >= 0.6 is 0 Å². The van der Waals surface area contributed by atoms with Crippen molar-refractivity contribution < 1.29 is 4.79 Å². The molecule has 2 rings (SSSR count). The lowest BCUT2D eigenvalue weighted by atomic mass is 9.79. The van der Waals surface area contributed by atoms with Gasteiger partial charge in [-0.2, -0.15) is 0 Å². The number of nitrogens with one attached hydrogen (secondary N) is 1. The van der Waals surface area contributed by atoms with E-state index in [1.54, 1.807) is 0 Å². The number of benzene rings is 1. The summed E-state index contributed by atoms with van der Waals surface area (Å²) in [5.41, 5.74) is 7.86. The van der Waals surface area contributed by atoms with Gasteiger partial charge in [-0.15, -0.1) is 0 Å². The van der Waals surface area contributed by atoms with Crippen molar-refractivity contribution in [3.8, 4) is 0 Å². The largest absolute Gasteiger partial charge is 0.352 e. The van der Waals surface area contributed by atoms with Crippen molar-refractivity contribution in [2.75, 3.05) is 13.1 Å². The van der Waals surface area contributed by atoms with Crippen molar-refractivity contribution in [2.45, 2.75) is 45.4 Å². The zero-order chi connectivity index (χ0) is 15.2. The Morgan fingerprint density at radius 1 is 1.19 bits per heavy atom. The van der Waals surface area contributed by atoms with Gasteiger partial charge in [0.2, 0.25) is 0 Å². The quantitative estimate of drug-likeness (QED) is 0.873. The maximum atomic E-state index is 12.2. The van der Waals surface area contributed by atoms with Crippen LogP contribution in [0, 0.1) is 11.8 Å². The summed E-state index contributed by atoms with van der Waals surface area (Å²) < 4.78 is 0. The third-order valence-corrected chi connectivity index (χ3v) is 4.73. The summed E-state index contributed by atoms with van der Waals surface area (Å²) in [4.78, 5) is 12.2. The van der Waals surface area contributed by atoms with E-state index in [1.165, 1.54) is 31.2 Å². The summed E-state index contributed by atoms with van der Waals surface area (Å²) in [6.45, 7) is 5.81. The first-order valence-electron chi connectivity index (χ1n) is 8.20. The zero-order valence-corrected chi connectivity index (χ0v) is 13.3. The van der Waals surface area contributed by atoms with E-state index >= 15 is 0 Å². The standard InChI is InChI=1S/C18H28N2O/c1-13(2)14-7-9-15(10-8-14)18(21)20-12-17-6-4-3-5-16(17)11-19/h7-10,13,16-17H,3-6,11-12,19H2,1-2H3,(H,20,21). The molecule has 0 aromatic heterocycles. The minimum Gasteiger partial charge on any atom is -0.352 e. The predicted molar refractivity (Wildman–Crippen MR) is 87.4 cm³/mol. The molecule has 3 heteroatoms. The van der Waals surface area contributed by atoms with Gasteiger partial charge in [-0.05, 0) is 54.8 Å². The van der Waals surface area contributed by atoms with Crippen LogP contribution in [-0.4, -0.2) is 19.0 Å². The number of carbonyl (C=O) groups is 1. The SMILES string of the molecule is CC(C)c1ccc(C(=O)NCC2CCCCC2CN)cc1. The van der Waals surface area contributed by atoms with Gasteiger partial charge in [0.05, 0.1) is 0 Å². The fraction of sp³-hybridized carbons (Fsp3) is 0.611. The first-order valence-corrected chi connectivity index (χ1v) is 8.20. The molecule has 116 valence electrons. The summed E-state index contributed by atoms with van der Waals surface area (Å²) in [6, 6.07) is 7.93. The van der Waals surface area contributed by atoms with Gasteiger partial charge < -0.3 is 11.1 Å². The fourth-order valence-corrected chi connectivity index (χ4v) is 3.21. The van der Waals surface area contributed by atoms with Gasteiger partial charge in [0, 0.05) is 12.1 Å². The molecule has 0 bridgehead atoms. The number of carbonyl (C=O) groups excluding carboxylic acids is 1. The van der Waals surface area contributed by atoms with Gasteiger partial charge in [-0.3, -0.25) is 4.79 Å². The predicted octanol–water partition coefficient (Wildman–Crippen LogP) is 3.30. The van der Waals surface area contributed by atoms with Gasteiger partial charge in [-0.1, -0.05) is 38.8 Å². The Morgan fingerprint density at radius 2 is 1.81 bits per heavy atom. The van der Waals surface area contributed by atoms with E-state index in [0.717, 1.165) is 18.7 Å². The second kappa shape index (κ2) is 7.60. The summed E-state index contributed by atoms with van der Waals surface area (Å²) in [6.07, 6.45) is 4.94. The second-order valence-electron chi connectivity index (χ2n) is 6.53. The van der Waals surface area contributed by atoms with E-state index in [9.17, 15) is 4.79 Å². The number of hydrogen-bond acceptors (Lipinski definition) is 2. The molecule has 1 fully saturated rings. The zero-order valence-electron chi connectivity index (χ0n) is 13.3. The van der Waals surface area contributed by atoms with Crippen LogP contribution in [-0.2, 0) is 0 Å². The Labute approximate surface area is 128 Å². The normalized spacial score (nSPS) is 22.3. The molecule has 0 heterocycles. The molecule has 21 heavy (non-hydrogen) atoms. The highest BCUT2D eigenvalue weighted by Crippen LogP contribution is 2.28. The van der Waals surface area contributed by atoms with E-state index in [4.69, 9.17) is 5.73 Å². The Hall–Kier alpha value is -1.35. The molecule has 1 amide bonds. The highest BCUT2D eigenvalue weighted by molar-refractivity contribution is 5.94.